The number of hydrogen-bond acceptors (Lipinski definition) is 7. The SMILES string of the molecule is Cc1ccnc(Sc2nnc(N3CCCCC3)s2)n1. The average Bonchev–Trinajstić information content (AvgIpc) is 2.88. The number of nitrogens with zero attached hydrogens (tertiary/aromatic N) is 5. The van der Waals surface area contributed by atoms with Crippen molar-refractivity contribution in [3.8, 4) is 0 Å². The predicted molar refractivity (Wildman–Crippen MR) is 76.9 cm³/mol. The van der Waals surface area contributed by atoms with Gasteiger partial charge in [-0.15, -0.1) is 10.2 Å². The Morgan fingerprint density at radius 2 is 2.05 bits per heavy atom. The molecule has 0 spiro atoms. The molecule has 7 heteroatoms. The van der Waals surface area contributed by atoms with Crippen LogP contribution in [0.25, 0.3) is 0 Å². The molecule has 2 aromatic heterocycles. The smallest absolute Gasteiger partial charge is 0.209 e. The van der Waals surface area contributed by atoms with Crippen molar-refractivity contribution >= 4 is 28.2 Å². The average molecular weight is 293 g/mol. The Labute approximate surface area is 120 Å². The van der Waals surface area contributed by atoms with Crippen molar-refractivity contribution in [1.29, 1.82) is 0 Å². The minimum atomic E-state index is 0.737. The summed E-state index contributed by atoms with van der Waals surface area (Å²) < 4.78 is 0.908. The van der Waals surface area contributed by atoms with Crippen LogP contribution in [0.4, 0.5) is 5.13 Å². The summed E-state index contributed by atoms with van der Waals surface area (Å²) in [5.41, 5.74) is 0.971. The maximum atomic E-state index is 4.37. The van der Waals surface area contributed by atoms with Crippen molar-refractivity contribution in [3.63, 3.8) is 0 Å². The van der Waals surface area contributed by atoms with Crippen molar-refractivity contribution in [3.05, 3.63) is 18.0 Å². The zero-order valence-electron chi connectivity index (χ0n) is 10.7. The van der Waals surface area contributed by atoms with Crippen LogP contribution in [0.1, 0.15) is 25.0 Å². The fraction of sp³-hybridized carbons (Fsp3) is 0.500. The molecule has 0 amide bonds. The van der Waals surface area contributed by atoms with Gasteiger partial charge in [-0.05, 0) is 44.0 Å². The van der Waals surface area contributed by atoms with Gasteiger partial charge in [0.05, 0.1) is 0 Å². The summed E-state index contributed by atoms with van der Waals surface area (Å²) in [6, 6.07) is 1.89. The van der Waals surface area contributed by atoms with Crippen molar-refractivity contribution in [2.24, 2.45) is 0 Å². The van der Waals surface area contributed by atoms with E-state index in [1.807, 2.05) is 13.0 Å². The molecule has 100 valence electrons. The molecule has 1 fully saturated rings. The predicted octanol–water partition coefficient (Wildman–Crippen LogP) is 2.78. The first-order valence-corrected chi connectivity index (χ1v) is 8.00. The van der Waals surface area contributed by atoms with Gasteiger partial charge in [-0.1, -0.05) is 11.3 Å². The fourth-order valence-corrected chi connectivity index (χ4v) is 3.80. The van der Waals surface area contributed by atoms with E-state index in [4.69, 9.17) is 0 Å². The normalized spacial score (nSPS) is 15.7. The molecule has 0 saturated carbocycles. The highest BCUT2D eigenvalue weighted by Crippen LogP contribution is 2.32. The largest absolute Gasteiger partial charge is 0.347 e. The number of anilines is 1. The number of rotatable bonds is 3. The number of aryl methyl sites for hydroxylation is 1. The molecule has 0 aromatic carbocycles. The monoisotopic (exact) mass is 293 g/mol. The number of piperidine rings is 1. The van der Waals surface area contributed by atoms with Gasteiger partial charge in [0.15, 0.2) is 9.50 Å². The summed E-state index contributed by atoms with van der Waals surface area (Å²) in [6.07, 6.45) is 5.61. The van der Waals surface area contributed by atoms with Crippen LogP contribution in [-0.4, -0.2) is 33.3 Å². The highest BCUT2D eigenvalue weighted by Gasteiger charge is 2.16. The molecule has 19 heavy (non-hydrogen) atoms. The first-order valence-electron chi connectivity index (χ1n) is 6.37. The van der Waals surface area contributed by atoms with Crippen molar-refractivity contribution < 1.29 is 0 Å². The first kappa shape index (κ1) is 12.8. The maximum absolute atomic E-state index is 4.37. The molecule has 3 rings (SSSR count). The standard InChI is InChI=1S/C12H15N5S2/c1-9-5-6-13-10(14-9)18-12-16-15-11(19-12)17-7-3-2-4-8-17/h5-6H,2-4,7-8H2,1H3. The van der Waals surface area contributed by atoms with Crippen molar-refractivity contribution in [1.82, 2.24) is 20.2 Å². The summed E-state index contributed by atoms with van der Waals surface area (Å²) in [6.45, 7) is 4.16. The Hall–Kier alpha value is -1.21. The van der Waals surface area contributed by atoms with E-state index in [9.17, 15) is 0 Å². The summed E-state index contributed by atoms with van der Waals surface area (Å²) >= 11 is 3.11. The lowest BCUT2D eigenvalue weighted by molar-refractivity contribution is 0.575. The van der Waals surface area contributed by atoms with Crippen LogP contribution in [0.5, 0.6) is 0 Å². The molecular weight excluding hydrogens is 278 g/mol. The molecule has 0 radical (unpaired) electrons. The molecule has 3 heterocycles. The van der Waals surface area contributed by atoms with Gasteiger partial charge in [0.2, 0.25) is 5.13 Å². The molecule has 0 N–H and O–H groups in total. The minimum absolute atomic E-state index is 0.737. The van der Waals surface area contributed by atoms with Crippen LogP contribution < -0.4 is 4.90 Å². The minimum Gasteiger partial charge on any atom is -0.347 e. The molecule has 2 aromatic rings. The van der Waals surface area contributed by atoms with E-state index >= 15 is 0 Å². The Morgan fingerprint density at radius 3 is 2.84 bits per heavy atom. The molecule has 5 nitrogen and oxygen atoms in total. The van der Waals surface area contributed by atoms with Crippen LogP contribution in [0, 0.1) is 6.92 Å². The lowest BCUT2D eigenvalue weighted by Crippen LogP contribution is -2.29. The van der Waals surface area contributed by atoms with Crippen LogP contribution in [0.2, 0.25) is 0 Å². The summed E-state index contributed by atoms with van der Waals surface area (Å²) in [5.74, 6) is 0. The summed E-state index contributed by atoms with van der Waals surface area (Å²) in [7, 11) is 0. The van der Waals surface area contributed by atoms with E-state index in [0.29, 0.717) is 0 Å². The zero-order valence-corrected chi connectivity index (χ0v) is 12.4. The highest BCUT2D eigenvalue weighted by atomic mass is 32.2. The number of aromatic nitrogens is 4. The second kappa shape index (κ2) is 5.83. The van der Waals surface area contributed by atoms with E-state index in [-0.39, 0.29) is 0 Å². The van der Waals surface area contributed by atoms with E-state index in [2.05, 4.69) is 25.1 Å². The first-order chi connectivity index (χ1) is 9.31. The van der Waals surface area contributed by atoms with Gasteiger partial charge in [-0.2, -0.15) is 0 Å². The Balaban J connectivity index is 1.70. The quantitative estimate of drug-likeness (QED) is 0.811. The third kappa shape index (κ3) is 3.22. The second-order valence-electron chi connectivity index (χ2n) is 4.48. The lowest BCUT2D eigenvalue weighted by Gasteiger charge is -2.25. The van der Waals surface area contributed by atoms with Gasteiger partial charge in [-0.25, -0.2) is 9.97 Å². The van der Waals surface area contributed by atoms with Crippen LogP contribution in [-0.2, 0) is 0 Å². The fourth-order valence-electron chi connectivity index (χ4n) is 2.01. The third-order valence-electron chi connectivity index (χ3n) is 2.97. The molecule has 1 aliphatic heterocycles. The Kier molecular flexibility index (Phi) is 3.93. The lowest BCUT2D eigenvalue weighted by atomic mass is 10.1. The van der Waals surface area contributed by atoms with Crippen LogP contribution in [0.3, 0.4) is 0 Å². The Morgan fingerprint density at radius 1 is 1.21 bits per heavy atom. The third-order valence-corrected chi connectivity index (χ3v) is 4.89. The molecule has 0 aliphatic carbocycles. The maximum Gasteiger partial charge on any atom is 0.209 e. The van der Waals surface area contributed by atoms with Gasteiger partial charge in [0, 0.05) is 25.0 Å². The zero-order chi connectivity index (χ0) is 13.1. The van der Waals surface area contributed by atoms with Gasteiger partial charge >= 0.3 is 0 Å². The molecule has 1 saturated heterocycles. The number of hydrogen-bond donors (Lipinski definition) is 0. The topological polar surface area (TPSA) is 54.8 Å². The van der Waals surface area contributed by atoms with Gasteiger partial charge in [0.1, 0.15) is 0 Å². The van der Waals surface area contributed by atoms with E-state index in [0.717, 1.165) is 33.4 Å². The molecule has 0 atom stereocenters. The molecular formula is C12H15N5S2. The second-order valence-corrected chi connectivity index (χ2v) is 6.65. The van der Waals surface area contributed by atoms with E-state index in [1.54, 1.807) is 17.5 Å². The summed E-state index contributed by atoms with van der Waals surface area (Å²) in [5, 5.41) is 10.3. The molecule has 0 unspecified atom stereocenters. The molecule has 0 bridgehead atoms. The summed E-state index contributed by atoms with van der Waals surface area (Å²) in [4.78, 5) is 10.9. The highest BCUT2D eigenvalue weighted by molar-refractivity contribution is 8.00. The van der Waals surface area contributed by atoms with Crippen LogP contribution >= 0.6 is 23.1 Å². The van der Waals surface area contributed by atoms with E-state index in [1.165, 1.54) is 31.0 Å². The van der Waals surface area contributed by atoms with Gasteiger partial charge < -0.3 is 4.90 Å². The van der Waals surface area contributed by atoms with Crippen molar-refractivity contribution in [2.45, 2.75) is 35.7 Å². The van der Waals surface area contributed by atoms with Gasteiger partial charge in [-0.3, -0.25) is 0 Å². The van der Waals surface area contributed by atoms with Gasteiger partial charge in [0.25, 0.3) is 0 Å². The Bertz CT molecular complexity index is 551. The van der Waals surface area contributed by atoms with Crippen LogP contribution in [0.15, 0.2) is 21.8 Å². The van der Waals surface area contributed by atoms with E-state index < -0.39 is 0 Å². The molecule has 1 aliphatic rings. The van der Waals surface area contributed by atoms with Crippen molar-refractivity contribution in [2.75, 3.05) is 18.0 Å².